The van der Waals surface area contributed by atoms with E-state index < -0.39 is 0 Å². The molecule has 0 aliphatic rings. The summed E-state index contributed by atoms with van der Waals surface area (Å²) in [4.78, 5) is 0. The molecule has 0 amide bonds. The van der Waals surface area contributed by atoms with E-state index in [2.05, 4.69) is 5.92 Å². The molecule has 2 N–H and O–H groups in total. The third-order valence-electron chi connectivity index (χ3n) is 0.609. The zero-order valence-electron chi connectivity index (χ0n) is 4.52. The Bertz CT molecular complexity index is 70.6. The fourth-order valence-electron chi connectivity index (χ4n) is 0.241. The minimum Gasteiger partial charge on any atom is -0.269 e. The Balaban J connectivity index is 2.86. The van der Waals surface area contributed by atoms with Crippen LogP contribution in [0, 0.1) is 12.3 Å². The molecule has 0 fully saturated rings. The Morgan fingerprint density at radius 3 is 2.57 bits per heavy atom. The topological polar surface area (TPSA) is 29.3 Å². The van der Waals surface area contributed by atoms with Crippen LogP contribution in [-0.2, 0) is 0 Å². The summed E-state index contributed by atoms with van der Waals surface area (Å²) >= 11 is 0. The Kier molecular flexibility index (Phi) is 3.39. The standard InChI is InChI=1S/C5H10N2/c1-3-4-5-7(2)6/h1H,4-6H2,2H3. The van der Waals surface area contributed by atoms with E-state index in [-0.39, 0.29) is 0 Å². The van der Waals surface area contributed by atoms with Gasteiger partial charge in [0.2, 0.25) is 0 Å². The van der Waals surface area contributed by atoms with Crippen molar-refractivity contribution in [2.75, 3.05) is 13.6 Å². The summed E-state index contributed by atoms with van der Waals surface area (Å²) < 4.78 is 0. The van der Waals surface area contributed by atoms with Crippen LogP contribution < -0.4 is 5.84 Å². The van der Waals surface area contributed by atoms with Crippen LogP contribution in [0.1, 0.15) is 6.42 Å². The van der Waals surface area contributed by atoms with Gasteiger partial charge in [-0.2, -0.15) is 0 Å². The third kappa shape index (κ3) is 5.48. The molecule has 0 atom stereocenters. The third-order valence-corrected chi connectivity index (χ3v) is 0.609. The average molecular weight is 98.1 g/mol. The van der Waals surface area contributed by atoms with E-state index in [0.29, 0.717) is 0 Å². The SMILES string of the molecule is C#CCCN(C)N. The lowest BCUT2D eigenvalue weighted by atomic mass is 10.4. The van der Waals surface area contributed by atoms with E-state index in [1.54, 1.807) is 12.1 Å². The number of rotatable bonds is 2. The van der Waals surface area contributed by atoms with Crippen LogP contribution in [0.5, 0.6) is 0 Å². The second-order valence-corrected chi connectivity index (χ2v) is 1.43. The number of nitrogens with zero attached hydrogens (tertiary/aromatic N) is 1. The molecule has 2 heteroatoms. The van der Waals surface area contributed by atoms with Gasteiger partial charge in [0.05, 0.1) is 0 Å². The summed E-state index contributed by atoms with van der Waals surface area (Å²) in [6.07, 6.45) is 5.67. The van der Waals surface area contributed by atoms with Crippen LogP contribution >= 0.6 is 0 Å². The van der Waals surface area contributed by atoms with Crippen molar-refractivity contribution in [2.45, 2.75) is 6.42 Å². The van der Waals surface area contributed by atoms with Crippen molar-refractivity contribution in [3.8, 4) is 12.3 Å². The van der Waals surface area contributed by atoms with Gasteiger partial charge < -0.3 is 0 Å². The van der Waals surface area contributed by atoms with Crippen molar-refractivity contribution in [3.63, 3.8) is 0 Å². The highest BCUT2D eigenvalue weighted by Gasteiger charge is 1.82. The molecule has 0 radical (unpaired) electrons. The van der Waals surface area contributed by atoms with Gasteiger partial charge in [0.1, 0.15) is 0 Å². The number of hydrogen-bond donors (Lipinski definition) is 1. The van der Waals surface area contributed by atoms with Crippen LogP contribution in [0.15, 0.2) is 0 Å². The first-order valence-electron chi connectivity index (χ1n) is 2.16. The number of hydrazine groups is 1. The Labute approximate surface area is 44.3 Å². The molecule has 0 aliphatic heterocycles. The molecule has 0 aromatic carbocycles. The molecule has 0 rings (SSSR count). The van der Waals surface area contributed by atoms with E-state index >= 15 is 0 Å². The Morgan fingerprint density at radius 2 is 2.43 bits per heavy atom. The van der Waals surface area contributed by atoms with E-state index in [1.807, 2.05) is 0 Å². The fraction of sp³-hybridized carbons (Fsp3) is 0.600. The van der Waals surface area contributed by atoms with E-state index in [1.165, 1.54) is 0 Å². The monoisotopic (exact) mass is 98.1 g/mol. The lowest BCUT2D eigenvalue weighted by Crippen LogP contribution is -2.26. The van der Waals surface area contributed by atoms with Crippen LogP contribution in [0.2, 0.25) is 0 Å². The fourth-order valence-corrected chi connectivity index (χ4v) is 0.241. The van der Waals surface area contributed by atoms with Crippen LogP contribution in [0.25, 0.3) is 0 Å². The summed E-state index contributed by atoms with van der Waals surface area (Å²) in [5, 5.41) is 1.57. The molecule has 0 aromatic heterocycles. The largest absolute Gasteiger partial charge is 0.269 e. The van der Waals surface area contributed by atoms with Crippen LogP contribution in [0.3, 0.4) is 0 Å². The predicted molar refractivity (Wildman–Crippen MR) is 30.3 cm³/mol. The van der Waals surface area contributed by atoms with Gasteiger partial charge in [-0.25, -0.2) is 5.01 Å². The molecule has 0 aromatic rings. The van der Waals surface area contributed by atoms with Crippen molar-refractivity contribution in [1.29, 1.82) is 0 Å². The van der Waals surface area contributed by atoms with E-state index in [9.17, 15) is 0 Å². The van der Waals surface area contributed by atoms with Gasteiger partial charge in [-0.05, 0) is 0 Å². The minimum absolute atomic E-state index is 0.729. The average Bonchev–Trinajstić information content (AvgIpc) is 1.61. The van der Waals surface area contributed by atoms with Crippen molar-refractivity contribution >= 4 is 0 Å². The van der Waals surface area contributed by atoms with Crippen LogP contribution in [0.4, 0.5) is 0 Å². The molecule has 0 unspecified atom stereocenters. The summed E-state index contributed by atoms with van der Waals surface area (Å²) in [6.45, 7) is 0.774. The summed E-state index contributed by atoms with van der Waals surface area (Å²) in [7, 11) is 1.79. The molecule has 0 heterocycles. The molecule has 0 aliphatic carbocycles. The van der Waals surface area contributed by atoms with Crippen molar-refractivity contribution < 1.29 is 0 Å². The number of terminal acetylenes is 1. The van der Waals surface area contributed by atoms with Crippen molar-refractivity contribution in [2.24, 2.45) is 5.84 Å². The second kappa shape index (κ2) is 3.66. The van der Waals surface area contributed by atoms with Crippen molar-refractivity contribution in [1.82, 2.24) is 5.01 Å². The van der Waals surface area contributed by atoms with Gasteiger partial charge >= 0.3 is 0 Å². The zero-order valence-corrected chi connectivity index (χ0v) is 4.52. The smallest absolute Gasteiger partial charge is 0.0235 e. The molecular weight excluding hydrogens is 88.1 g/mol. The number of nitrogens with two attached hydrogens (primary N) is 1. The molecule has 0 spiro atoms. The lowest BCUT2D eigenvalue weighted by Gasteiger charge is -2.03. The first-order chi connectivity index (χ1) is 3.27. The van der Waals surface area contributed by atoms with Crippen LogP contribution in [-0.4, -0.2) is 18.6 Å². The predicted octanol–water partition coefficient (Wildman–Crippen LogP) is -0.185. The van der Waals surface area contributed by atoms with E-state index in [0.717, 1.165) is 13.0 Å². The summed E-state index contributed by atoms with van der Waals surface area (Å²) in [6, 6.07) is 0. The summed E-state index contributed by atoms with van der Waals surface area (Å²) in [5.74, 6) is 7.69. The highest BCUT2D eigenvalue weighted by molar-refractivity contribution is 4.83. The highest BCUT2D eigenvalue weighted by Crippen LogP contribution is 1.73. The zero-order chi connectivity index (χ0) is 5.70. The molecule has 2 nitrogen and oxygen atoms in total. The van der Waals surface area contributed by atoms with Crippen molar-refractivity contribution in [3.05, 3.63) is 0 Å². The normalized spacial score (nSPS) is 8.86. The number of hydrogen-bond acceptors (Lipinski definition) is 2. The summed E-state index contributed by atoms with van der Waals surface area (Å²) in [5.41, 5.74) is 0. The van der Waals surface area contributed by atoms with Gasteiger partial charge in [0.25, 0.3) is 0 Å². The molecule has 0 saturated carbocycles. The molecule has 7 heavy (non-hydrogen) atoms. The molecular formula is C5H10N2. The quantitative estimate of drug-likeness (QED) is 0.295. The van der Waals surface area contributed by atoms with Gasteiger partial charge in [0.15, 0.2) is 0 Å². The minimum atomic E-state index is 0.729. The first-order valence-corrected chi connectivity index (χ1v) is 2.16. The molecule has 0 saturated heterocycles. The molecule has 0 bridgehead atoms. The van der Waals surface area contributed by atoms with E-state index in [4.69, 9.17) is 12.3 Å². The second-order valence-electron chi connectivity index (χ2n) is 1.43. The highest BCUT2D eigenvalue weighted by atomic mass is 15.4. The molecule has 40 valence electrons. The maximum Gasteiger partial charge on any atom is 0.0235 e. The lowest BCUT2D eigenvalue weighted by molar-refractivity contribution is 0.358. The van der Waals surface area contributed by atoms with Gasteiger partial charge in [-0.3, -0.25) is 5.84 Å². The Hall–Kier alpha value is -0.520. The van der Waals surface area contributed by atoms with Gasteiger partial charge in [-0.1, -0.05) is 0 Å². The van der Waals surface area contributed by atoms with Gasteiger partial charge in [-0.15, -0.1) is 12.3 Å². The Morgan fingerprint density at radius 1 is 1.86 bits per heavy atom. The maximum atomic E-state index is 5.22. The maximum absolute atomic E-state index is 5.22. The van der Waals surface area contributed by atoms with Gasteiger partial charge in [0, 0.05) is 20.0 Å². The first kappa shape index (κ1) is 6.48.